The summed E-state index contributed by atoms with van der Waals surface area (Å²) in [5.74, 6) is 0. The van der Waals surface area contributed by atoms with Crippen molar-refractivity contribution in [2.24, 2.45) is 0 Å². The molecule has 0 spiro atoms. The predicted molar refractivity (Wildman–Crippen MR) is 61.6 cm³/mol. The van der Waals surface area contributed by atoms with Crippen molar-refractivity contribution in [2.45, 2.75) is 13.8 Å². The third-order valence-electron chi connectivity index (χ3n) is 2.51. The Labute approximate surface area is 92.9 Å². The van der Waals surface area contributed by atoms with Crippen LogP contribution in [-0.4, -0.2) is 11.3 Å². The molecule has 0 saturated heterocycles. The third kappa shape index (κ3) is 1.61. The SMILES string of the molecule is Cc1ccc(C)c2nc(Cl)c(C=O)cc12. The lowest BCUT2D eigenvalue weighted by Crippen LogP contribution is -1.92. The number of aryl methyl sites for hydroxylation is 2. The summed E-state index contributed by atoms with van der Waals surface area (Å²) in [5.41, 5.74) is 3.47. The quantitative estimate of drug-likeness (QED) is 0.544. The van der Waals surface area contributed by atoms with Crippen LogP contribution in [-0.2, 0) is 0 Å². The molecular formula is C12H10ClNO. The normalized spacial score (nSPS) is 10.6. The average molecular weight is 220 g/mol. The smallest absolute Gasteiger partial charge is 0.153 e. The van der Waals surface area contributed by atoms with E-state index in [4.69, 9.17) is 11.6 Å². The third-order valence-corrected chi connectivity index (χ3v) is 2.81. The second kappa shape index (κ2) is 3.63. The highest BCUT2D eigenvalue weighted by Gasteiger charge is 2.07. The zero-order valence-electron chi connectivity index (χ0n) is 8.54. The molecule has 0 saturated carbocycles. The molecule has 0 aliphatic carbocycles. The van der Waals surface area contributed by atoms with Gasteiger partial charge in [0.1, 0.15) is 5.15 Å². The monoisotopic (exact) mass is 219 g/mol. The van der Waals surface area contributed by atoms with Crippen molar-refractivity contribution in [1.82, 2.24) is 4.98 Å². The number of benzene rings is 1. The fourth-order valence-electron chi connectivity index (χ4n) is 1.61. The fourth-order valence-corrected chi connectivity index (χ4v) is 1.79. The molecule has 0 unspecified atom stereocenters. The molecule has 0 fully saturated rings. The van der Waals surface area contributed by atoms with E-state index in [-0.39, 0.29) is 5.15 Å². The number of fused-ring (bicyclic) bond motifs is 1. The van der Waals surface area contributed by atoms with Gasteiger partial charge in [0.25, 0.3) is 0 Å². The summed E-state index contributed by atoms with van der Waals surface area (Å²) >= 11 is 5.89. The van der Waals surface area contributed by atoms with E-state index in [1.54, 1.807) is 6.07 Å². The van der Waals surface area contributed by atoms with Gasteiger partial charge in [-0.25, -0.2) is 4.98 Å². The van der Waals surface area contributed by atoms with Gasteiger partial charge in [-0.3, -0.25) is 4.79 Å². The van der Waals surface area contributed by atoms with Gasteiger partial charge in [0.15, 0.2) is 6.29 Å². The number of rotatable bonds is 1. The number of halogens is 1. The van der Waals surface area contributed by atoms with Crippen molar-refractivity contribution in [2.75, 3.05) is 0 Å². The van der Waals surface area contributed by atoms with E-state index in [1.807, 2.05) is 26.0 Å². The van der Waals surface area contributed by atoms with E-state index >= 15 is 0 Å². The maximum absolute atomic E-state index is 10.7. The van der Waals surface area contributed by atoms with Gasteiger partial charge in [0.2, 0.25) is 0 Å². The van der Waals surface area contributed by atoms with Crippen LogP contribution in [0.1, 0.15) is 21.5 Å². The van der Waals surface area contributed by atoms with Crippen molar-refractivity contribution < 1.29 is 4.79 Å². The van der Waals surface area contributed by atoms with Crippen molar-refractivity contribution in [3.8, 4) is 0 Å². The first-order chi connectivity index (χ1) is 7.13. The standard InChI is InChI=1S/C12H10ClNO/c1-7-3-4-8(2)11-10(7)5-9(6-15)12(13)14-11/h3-6H,1-2H3. The van der Waals surface area contributed by atoms with Crippen molar-refractivity contribution in [3.05, 3.63) is 40.0 Å². The highest BCUT2D eigenvalue weighted by Crippen LogP contribution is 2.24. The number of hydrogen-bond donors (Lipinski definition) is 0. The lowest BCUT2D eigenvalue weighted by molar-refractivity contribution is 0.112. The average Bonchev–Trinajstić information content (AvgIpc) is 2.23. The summed E-state index contributed by atoms with van der Waals surface area (Å²) in [6.07, 6.45) is 0.733. The van der Waals surface area contributed by atoms with Crippen LogP contribution < -0.4 is 0 Å². The highest BCUT2D eigenvalue weighted by molar-refractivity contribution is 6.32. The van der Waals surface area contributed by atoms with Crippen molar-refractivity contribution >= 4 is 28.8 Å². The molecule has 1 aromatic heterocycles. The minimum absolute atomic E-state index is 0.270. The van der Waals surface area contributed by atoms with Crippen LogP contribution in [0.25, 0.3) is 10.9 Å². The van der Waals surface area contributed by atoms with Gasteiger partial charge in [0, 0.05) is 5.39 Å². The first-order valence-corrected chi connectivity index (χ1v) is 5.03. The minimum atomic E-state index is 0.270. The molecule has 2 aromatic rings. The second-order valence-electron chi connectivity index (χ2n) is 3.58. The van der Waals surface area contributed by atoms with E-state index < -0.39 is 0 Å². The number of hydrogen-bond acceptors (Lipinski definition) is 2. The van der Waals surface area contributed by atoms with Gasteiger partial charge in [-0.1, -0.05) is 23.7 Å². The number of carbonyl (C=O) groups excluding carboxylic acids is 1. The second-order valence-corrected chi connectivity index (χ2v) is 3.94. The number of carbonyl (C=O) groups is 1. The Morgan fingerprint density at radius 1 is 1.27 bits per heavy atom. The Morgan fingerprint density at radius 3 is 2.60 bits per heavy atom. The number of pyridine rings is 1. The summed E-state index contributed by atoms with van der Waals surface area (Å²) in [4.78, 5) is 15.0. The Morgan fingerprint density at radius 2 is 1.93 bits per heavy atom. The molecule has 3 heteroatoms. The van der Waals surface area contributed by atoms with E-state index in [0.29, 0.717) is 5.56 Å². The lowest BCUT2D eigenvalue weighted by Gasteiger charge is -2.06. The Bertz CT molecular complexity index is 549. The largest absolute Gasteiger partial charge is 0.298 e. The van der Waals surface area contributed by atoms with Crippen LogP contribution >= 0.6 is 11.6 Å². The highest BCUT2D eigenvalue weighted by atomic mass is 35.5. The van der Waals surface area contributed by atoms with Gasteiger partial charge >= 0.3 is 0 Å². The Hall–Kier alpha value is -1.41. The lowest BCUT2D eigenvalue weighted by atomic mass is 10.0. The van der Waals surface area contributed by atoms with E-state index in [2.05, 4.69) is 4.98 Å². The first-order valence-electron chi connectivity index (χ1n) is 4.65. The predicted octanol–water partition coefficient (Wildman–Crippen LogP) is 3.32. The van der Waals surface area contributed by atoms with Crippen LogP contribution in [0.2, 0.25) is 5.15 Å². The van der Waals surface area contributed by atoms with Crippen LogP contribution in [0.5, 0.6) is 0 Å². The zero-order valence-corrected chi connectivity index (χ0v) is 9.30. The van der Waals surface area contributed by atoms with Gasteiger partial charge < -0.3 is 0 Å². The molecule has 2 nitrogen and oxygen atoms in total. The minimum Gasteiger partial charge on any atom is -0.298 e. The maximum atomic E-state index is 10.7. The molecule has 0 atom stereocenters. The summed E-state index contributed by atoms with van der Waals surface area (Å²) in [7, 11) is 0. The van der Waals surface area contributed by atoms with Crippen LogP contribution in [0.4, 0.5) is 0 Å². The molecule has 0 aliphatic rings. The number of aromatic nitrogens is 1. The maximum Gasteiger partial charge on any atom is 0.153 e. The van der Waals surface area contributed by atoms with E-state index in [9.17, 15) is 4.79 Å². The van der Waals surface area contributed by atoms with Crippen molar-refractivity contribution in [3.63, 3.8) is 0 Å². The summed E-state index contributed by atoms with van der Waals surface area (Å²) in [6.45, 7) is 3.97. The molecule has 1 heterocycles. The summed E-state index contributed by atoms with van der Waals surface area (Å²) in [6, 6.07) is 5.81. The molecule has 0 aliphatic heterocycles. The van der Waals surface area contributed by atoms with Gasteiger partial charge in [-0.2, -0.15) is 0 Å². The molecule has 76 valence electrons. The van der Waals surface area contributed by atoms with Gasteiger partial charge in [-0.05, 0) is 31.0 Å². The molecule has 0 bridgehead atoms. The summed E-state index contributed by atoms with van der Waals surface area (Å²) < 4.78 is 0. The Balaban J connectivity index is 2.92. The topological polar surface area (TPSA) is 30.0 Å². The van der Waals surface area contributed by atoms with Crippen LogP contribution in [0, 0.1) is 13.8 Å². The fraction of sp³-hybridized carbons (Fsp3) is 0.167. The number of aldehydes is 1. The molecule has 1 aromatic carbocycles. The zero-order chi connectivity index (χ0) is 11.0. The molecule has 15 heavy (non-hydrogen) atoms. The Kier molecular flexibility index (Phi) is 2.45. The molecule has 2 rings (SSSR count). The molecular weight excluding hydrogens is 210 g/mol. The first kappa shape index (κ1) is 10.1. The van der Waals surface area contributed by atoms with Crippen LogP contribution in [0.3, 0.4) is 0 Å². The van der Waals surface area contributed by atoms with Gasteiger partial charge in [0.05, 0.1) is 11.1 Å². The molecule has 0 N–H and O–H groups in total. The van der Waals surface area contributed by atoms with Crippen molar-refractivity contribution in [1.29, 1.82) is 0 Å². The molecule has 0 amide bonds. The van der Waals surface area contributed by atoms with E-state index in [1.165, 1.54) is 0 Å². The molecule has 0 radical (unpaired) electrons. The van der Waals surface area contributed by atoms with E-state index in [0.717, 1.165) is 28.3 Å². The van der Waals surface area contributed by atoms with Crippen LogP contribution in [0.15, 0.2) is 18.2 Å². The summed E-state index contributed by atoms with van der Waals surface area (Å²) in [5, 5.41) is 1.26. The van der Waals surface area contributed by atoms with Gasteiger partial charge in [-0.15, -0.1) is 0 Å². The number of nitrogens with zero attached hydrogens (tertiary/aromatic N) is 1.